The summed E-state index contributed by atoms with van der Waals surface area (Å²) in [5, 5.41) is 0. The summed E-state index contributed by atoms with van der Waals surface area (Å²) in [4.78, 5) is 16.9. The fraction of sp³-hybridized carbons (Fsp3) is 0.562. The van der Waals surface area contributed by atoms with Crippen LogP contribution in [0, 0.1) is 0 Å². The zero-order valence-corrected chi connectivity index (χ0v) is 13.9. The molecular formula is C16H23BrN2O. The zero-order chi connectivity index (χ0) is 14.5. The molecule has 1 aliphatic rings. The molecular weight excluding hydrogens is 316 g/mol. The van der Waals surface area contributed by atoms with Gasteiger partial charge in [-0.05, 0) is 52.2 Å². The van der Waals surface area contributed by atoms with Crippen molar-refractivity contribution in [2.45, 2.75) is 25.3 Å². The molecule has 1 aromatic carbocycles. The molecule has 0 atom stereocenters. The Morgan fingerprint density at radius 3 is 2.75 bits per heavy atom. The number of Topliss-reactive ketones (excluding diaryl/α,β-unsaturated/α-hetero) is 1. The van der Waals surface area contributed by atoms with Crippen molar-refractivity contribution < 1.29 is 4.79 Å². The van der Waals surface area contributed by atoms with Crippen molar-refractivity contribution in [1.29, 1.82) is 0 Å². The van der Waals surface area contributed by atoms with Gasteiger partial charge in [-0.3, -0.25) is 4.79 Å². The molecule has 110 valence electrons. The summed E-state index contributed by atoms with van der Waals surface area (Å²) in [6, 6.07) is 8.28. The first-order chi connectivity index (χ1) is 9.56. The van der Waals surface area contributed by atoms with Gasteiger partial charge < -0.3 is 9.80 Å². The third-order valence-electron chi connectivity index (χ3n) is 4.15. The van der Waals surface area contributed by atoms with E-state index in [0.29, 0.717) is 12.5 Å². The number of hydrogen-bond donors (Lipinski definition) is 0. The molecule has 0 unspecified atom stereocenters. The van der Waals surface area contributed by atoms with E-state index in [9.17, 15) is 4.79 Å². The molecule has 1 fully saturated rings. The lowest BCUT2D eigenvalue weighted by atomic mass is 10.0. The maximum Gasteiger partial charge on any atom is 0.164 e. The third kappa shape index (κ3) is 4.40. The molecule has 0 bridgehead atoms. The summed E-state index contributed by atoms with van der Waals surface area (Å²) in [7, 11) is 4.32. The molecule has 0 N–H and O–H groups in total. The van der Waals surface area contributed by atoms with Gasteiger partial charge in [-0.25, -0.2) is 0 Å². The predicted octanol–water partition coefficient (Wildman–Crippen LogP) is 3.05. The Labute approximate surface area is 130 Å². The molecule has 0 saturated carbocycles. The standard InChI is InChI=1S/C16H23BrN2O/c1-18-9-6-15(7-10-18)19(2)11-8-16(20)13-4-3-5-14(17)12-13/h3-5,12,15H,6-11H2,1-2H3. The molecule has 20 heavy (non-hydrogen) atoms. The molecule has 1 saturated heterocycles. The highest BCUT2D eigenvalue weighted by molar-refractivity contribution is 9.10. The van der Waals surface area contributed by atoms with E-state index in [1.807, 2.05) is 24.3 Å². The van der Waals surface area contributed by atoms with Gasteiger partial charge in [-0.1, -0.05) is 28.1 Å². The Balaban J connectivity index is 1.81. The number of benzene rings is 1. The van der Waals surface area contributed by atoms with Gasteiger partial charge >= 0.3 is 0 Å². The van der Waals surface area contributed by atoms with E-state index in [2.05, 4.69) is 39.8 Å². The second kappa shape index (κ2) is 7.34. The Bertz CT molecular complexity index is 456. The fourth-order valence-electron chi connectivity index (χ4n) is 2.70. The topological polar surface area (TPSA) is 23.6 Å². The quantitative estimate of drug-likeness (QED) is 0.771. The van der Waals surface area contributed by atoms with Crippen LogP contribution in [-0.2, 0) is 0 Å². The van der Waals surface area contributed by atoms with E-state index < -0.39 is 0 Å². The lowest BCUT2D eigenvalue weighted by Crippen LogP contribution is -2.42. The van der Waals surface area contributed by atoms with Gasteiger partial charge in [-0.15, -0.1) is 0 Å². The minimum absolute atomic E-state index is 0.228. The van der Waals surface area contributed by atoms with Gasteiger partial charge in [0, 0.05) is 29.0 Å². The molecule has 3 nitrogen and oxygen atoms in total. The summed E-state index contributed by atoms with van der Waals surface area (Å²) >= 11 is 3.41. The molecule has 0 radical (unpaired) electrons. The van der Waals surface area contributed by atoms with Crippen molar-refractivity contribution in [3.63, 3.8) is 0 Å². The number of halogens is 1. The highest BCUT2D eigenvalue weighted by Gasteiger charge is 2.20. The van der Waals surface area contributed by atoms with Gasteiger partial charge in [0.1, 0.15) is 0 Å². The van der Waals surface area contributed by atoms with E-state index in [1.54, 1.807) is 0 Å². The van der Waals surface area contributed by atoms with Crippen molar-refractivity contribution in [2.24, 2.45) is 0 Å². The summed E-state index contributed by atoms with van der Waals surface area (Å²) in [6.07, 6.45) is 3.01. The number of rotatable bonds is 5. The Morgan fingerprint density at radius 2 is 2.10 bits per heavy atom. The van der Waals surface area contributed by atoms with Crippen molar-refractivity contribution in [2.75, 3.05) is 33.7 Å². The van der Waals surface area contributed by atoms with Gasteiger partial charge in [0.15, 0.2) is 5.78 Å². The number of carbonyl (C=O) groups is 1. The SMILES string of the molecule is CN1CCC(N(C)CCC(=O)c2cccc(Br)c2)CC1. The maximum atomic E-state index is 12.2. The minimum atomic E-state index is 0.228. The lowest BCUT2D eigenvalue weighted by molar-refractivity contribution is 0.0939. The largest absolute Gasteiger partial charge is 0.306 e. The molecule has 1 aliphatic heterocycles. The van der Waals surface area contributed by atoms with Crippen molar-refractivity contribution >= 4 is 21.7 Å². The van der Waals surface area contributed by atoms with E-state index in [1.165, 1.54) is 12.8 Å². The molecule has 1 heterocycles. The second-order valence-corrected chi connectivity index (χ2v) is 6.61. The van der Waals surface area contributed by atoms with Crippen LogP contribution in [0.3, 0.4) is 0 Å². The van der Waals surface area contributed by atoms with Gasteiger partial charge in [0.05, 0.1) is 0 Å². The van der Waals surface area contributed by atoms with Gasteiger partial charge in [0.25, 0.3) is 0 Å². The van der Waals surface area contributed by atoms with Crippen LogP contribution >= 0.6 is 15.9 Å². The Morgan fingerprint density at radius 1 is 1.40 bits per heavy atom. The van der Waals surface area contributed by atoms with Crippen LogP contribution in [0.2, 0.25) is 0 Å². The monoisotopic (exact) mass is 338 g/mol. The Hall–Kier alpha value is -0.710. The van der Waals surface area contributed by atoms with E-state index in [0.717, 1.165) is 29.7 Å². The highest BCUT2D eigenvalue weighted by Crippen LogP contribution is 2.16. The normalized spacial score (nSPS) is 17.6. The number of piperidine rings is 1. The number of ketones is 1. The molecule has 1 aromatic rings. The summed E-state index contributed by atoms with van der Waals surface area (Å²) in [5.74, 6) is 0.228. The van der Waals surface area contributed by atoms with Crippen molar-refractivity contribution in [1.82, 2.24) is 9.80 Å². The molecule has 4 heteroatoms. The van der Waals surface area contributed by atoms with Crippen LogP contribution < -0.4 is 0 Å². The molecule has 0 spiro atoms. The first kappa shape index (κ1) is 15.7. The summed E-state index contributed by atoms with van der Waals surface area (Å²) in [5.41, 5.74) is 0.802. The van der Waals surface area contributed by atoms with Crippen LogP contribution in [-0.4, -0.2) is 55.4 Å². The number of likely N-dealkylation sites (tertiary alicyclic amines) is 1. The van der Waals surface area contributed by atoms with Crippen LogP contribution in [0.25, 0.3) is 0 Å². The zero-order valence-electron chi connectivity index (χ0n) is 12.3. The Kier molecular flexibility index (Phi) is 5.75. The number of carbonyl (C=O) groups excluding carboxylic acids is 1. The molecule has 0 aromatic heterocycles. The highest BCUT2D eigenvalue weighted by atomic mass is 79.9. The van der Waals surface area contributed by atoms with Gasteiger partial charge in [0.2, 0.25) is 0 Å². The second-order valence-electron chi connectivity index (χ2n) is 5.70. The molecule has 2 rings (SSSR count). The number of nitrogens with zero attached hydrogens (tertiary/aromatic N) is 2. The smallest absolute Gasteiger partial charge is 0.164 e. The van der Waals surface area contributed by atoms with Crippen LogP contribution in [0.4, 0.5) is 0 Å². The lowest BCUT2D eigenvalue weighted by Gasteiger charge is -2.35. The van der Waals surface area contributed by atoms with E-state index >= 15 is 0 Å². The molecule has 0 aliphatic carbocycles. The average Bonchev–Trinajstić information content (AvgIpc) is 2.45. The number of hydrogen-bond acceptors (Lipinski definition) is 3. The first-order valence-electron chi connectivity index (χ1n) is 7.24. The van der Waals surface area contributed by atoms with E-state index in [4.69, 9.17) is 0 Å². The van der Waals surface area contributed by atoms with Crippen molar-refractivity contribution in [3.05, 3.63) is 34.3 Å². The first-order valence-corrected chi connectivity index (χ1v) is 8.03. The average molecular weight is 339 g/mol. The summed E-state index contributed by atoms with van der Waals surface area (Å²) < 4.78 is 0.965. The molecule has 0 amide bonds. The predicted molar refractivity (Wildman–Crippen MR) is 86.2 cm³/mol. The maximum absolute atomic E-state index is 12.2. The van der Waals surface area contributed by atoms with Crippen LogP contribution in [0.1, 0.15) is 29.6 Å². The van der Waals surface area contributed by atoms with E-state index in [-0.39, 0.29) is 5.78 Å². The minimum Gasteiger partial charge on any atom is -0.306 e. The van der Waals surface area contributed by atoms with Gasteiger partial charge in [-0.2, -0.15) is 0 Å². The third-order valence-corrected chi connectivity index (χ3v) is 4.64. The summed E-state index contributed by atoms with van der Waals surface area (Å²) in [6.45, 7) is 3.17. The van der Waals surface area contributed by atoms with Crippen LogP contribution in [0.15, 0.2) is 28.7 Å². The van der Waals surface area contributed by atoms with Crippen molar-refractivity contribution in [3.8, 4) is 0 Å². The fourth-order valence-corrected chi connectivity index (χ4v) is 3.10. The van der Waals surface area contributed by atoms with Crippen LogP contribution in [0.5, 0.6) is 0 Å².